The standard InChI is InChI=1S/CH2O3.H2O.O.Zr/c2-1(3)4;;;/h(H2,2,3,4);1H2;;/q;;-2;+4/p-2. The van der Waals surface area contributed by atoms with Gasteiger partial charge in [0, 0.05) is 0 Å². The summed E-state index contributed by atoms with van der Waals surface area (Å²) in [6.07, 6.45) is -2.08. The van der Waals surface area contributed by atoms with E-state index in [1.54, 1.807) is 0 Å². The minimum absolute atomic E-state index is 0. The maximum absolute atomic E-state index is 8.44. The Labute approximate surface area is 58.7 Å². The summed E-state index contributed by atoms with van der Waals surface area (Å²) in [5.41, 5.74) is 0. The average molecular weight is 185 g/mol. The fourth-order valence-corrected chi connectivity index (χ4v) is 0. The van der Waals surface area contributed by atoms with Crippen LogP contribution in [0.3, 0.4) is 0 Å². The summed E-state index contributed by atoms with van der Waals surface area (Å²) in [6.45, 7) is 0. The molecule has 0 fully saturated rings. The molecule has 5 nitrogen and oxygen atoms in total. The van der Waals surface area contributed by atoms with Gasteiger partial charge in [-0.1, -0.05) is 0 Å². The van der Waals surface area contributed by atoms with Crippen molar-refractivity contribution in [2.75, 3.05) is 0 Å². The van der Waals surface area contributed by atoms with E-state index in [0.29, 0.717) is 0 Å². The summed E-state index contributed by atoms with van der Waals surface area (Å²) in [4.78, 5) is 8.44. The van der Waals surface area contributed by atoms with Crippen molar-refractivity contribution in [1.29, 1.82) is 0 Å². The van der Waals surface area contributed by atoms with Crippen molar-refractivity contribution < 1.29 is 52.2 Å². The third-order valence-electron chi connectivity index (χ3n) is 0. The number of carboxylic acid groups (broad SMARTS) is 2. The van der Waals surface area contributed by atoms with Crippen molar-refractivity contribution in [1.82, 2.24) is 0 Å². The Bertz CT molecular complexity index is 31.1. The Kier molecular flexibility index (Phi) is 65.3. The van der Waals surface area contributed by atoms with Crippen LogP contribution in [0.25, 0.3) is 0 Å². The molecule has 2 N–H and O–H groups in total. The first-order valence-corrected chi connectivity index (χ1v) is 0.632. The summed E-state index contributed by atoms with van der Waals surface area (Å²) in [6, 6.07) is 0. The van der Waals surface area contributed by atoms with Gasteiger partial charge in [0.15, 0.2) is 0 Å². The third-order valence-corrected chi connectivity index (χ3v) is 0. The van der Waals surface area contributed by atoms with Crippen LogP contribution in [0.1, 0.15) is 0 Å². The fourth-order valence-electron chi connectivity index (χ4n) is 0. The third kappa shape index (κ3) is 18800. The van der Waals surface area contributed by atoms with Gasteiger partial charge in [-0.3, -0.25) is 0 Å². The second kappa shape index (κ2) is 16.6. The zero-order valence-corrected chi connectivity index (χ0v) is 5.58. The fraction of sp³-hybridized carbons (Fsp3) is 0. The van der Waals surface area contributed by atoms with Crippen LogP contribution in [0.4, 0.5) is 4.79 Å². The summed E-state index contributed by atoms with van der Waals surface area (Å²) in [7, 11) is 0. The Morgan fingerprint density at radius 3 is 1.57 bits per heavy atom. The monoisotopic (exact) mass is 184 g/mol. The molecule has 0 saturated carbocycles. The molecule has 0 aliphatic rings. The average Bonchev–Trinajstić information content (AvgIpc) is 0.811. The molecule has 0 bridgehead atoms. The molecule has 6 heteroatoms. The van der Waals surface area contributed by atoms with E-state index >= 15 is 0 Å². The van der Waals surface area contributed by atoms with Crippen LogP contribution < -0.4 is 5.11 Å². The SMILES string of the molecule is O=C([O-])O.[O-2].[OH-].[Zr+4]. The summed E-state index contributed by atoms with van der Waals surface area (Å²) >= 11 is 0. The second-order valence-electron chi connectivity index (χ2n) is 0.266. The van der Waals surface area contributed by atoms with Gasteiger partial charge < -0.3 is 26.0 Å². The van der Waals surface area contributed by atoms with E-state index in [0.717, 1.165) is 0 Å². The van der Waals surface area contributed by atoms with Crippen LogP contribution in [0.15, 0.2) is 0 Å². The molecule has 0 aliphatic heterocycles. The molecule has 0 aliphatic carbocycles. The van der Waals surface area contributed by atoms with E-state index in [-0.39, 0.29) is 37.2 Å². The number of rotatable bonds is 0. The van der Waals surface area contributed by atoms with Crippen LogP contribution in [0.2, 0.25) is 0 Å². The Balaban J connectivity index is -0.0000000150. The van der Waals surface area contributed by atoms with Crippen molar-refractivity contribution >= 4 is 6.16 Å². The van der Waals surface area contributed by atoms with Crippen molar-refractivity contribution in [3.05, 3.63) is 0 Å². The van der Waals surface area contributed by atoms with Gasteiger partial charge >= 0.3 is 26.2 Å². The first kappa shape index (κ1) is 27.6. The molecule has 7 heavy (non-hydrogen) atoms. The Hall–Kier alpha value is 0.0731. The molecule has 0 saturated heterocycles. The van der Waals surface area contributed by atoms with Crippen LogP contribution in [0, 0.1) is 0 Å². The molecule has 0 aromatic heterocycles. The maximum atomic E-state index is 8.44. The van der Waals surface area contributed by atoms with Crippen molar-refractivity contribution in [2.45, 2.75) is 0 Å². The topological polar surface area (TPSA) is 119 Å². The predicted molar refractivity (Wildman–Crippen MR) is 10.6 cm³/mol. The van der Waals surface area contributed by atoms with E-state index in [1.165, 1.54) is 0 Å². The molecule has 0 aromatic carbocycles. The molecule has 0 amide bonds. The Morgan fingerprint density at radius 2 is 1.57 bits per heavy atom. The van der Waals surface area contributed by atoms with Gasteiger partial charge in [0.1, 0.15) is 0 Å². The minimum Gasteiger partial charge on any atom is -2.00 e. The van der Waals surface area contributed by atoms with E-state index in [1.807, 2.05) is 0 Å². The number of hydrogen-bond donors (Lipinski definition) is 1. The normalized spacial score (nSPS) is 3.43. The van der Waals surface area contributed by atoms with Gasteiger partial charge in [-0.25, -0.2) is 0 Å². The van der Waals surface area contributed by atoms with E-state index < -0.39 is 6.16 Å². The molecule has 0 spiro atoms. The van der Waals surface area contributed by atoms with Crippen molar-refractivity contribution in [3.8, 4) is 0 Å². The zero-order valence-electron chi connectivity index (χ0n) is 3.12. The zero-order chi connectivity index (χ0) is 3.58. The Morgan fingerprint density at radius 1 is 1.57 bits per heavy atom. The maximum Gasteiger partial charge on any atom is 4.00 e. The van der Waals surface area contributed by atoms with E-state index in [9.17, 15) is 0 Å². The van der Waals surface area contributed by atoms with E-state index in [2.05, 4.69) is 0 Å². The van der Waals surface area contributed by atoms with Crippen LogP contribution in [-0.2, 0) is 31.7 Å². The first-order chi connectivity index (χ1) is 1.73. The van der Waals surface area contributed by atoms with Crippen LogP contribution in [-0.4, -0.2) is 16.7 Å². The van der Waals surface area contributed by atoms with Gasteiger partial charge in [-0.15, -0.1) is 0 Å². The molecule has 0 radical (unpaired) electrons. The molecular weight excluding hydrogens is 183 g/mol. The van der Waals surface area contributed by atoms with Crippen molar-refractivity contribution in [3.63, 3.8) is 0 Å². The van der Waals surface area contributed by atoms with Gasteiger partial charge in [-0.2, -0.15) is 0 Å². The summed E-state index contributed by atoms with van der Waals surface area (Å²) < 4.78 is 0. The van der Waals surface area contributed by atoms with Gasteiger partial charge in [0.2, 0.25) is 6.16 Å². The second-order valence-corrected chi connectivity index (χ2v) is 0.266. The molecule has 0 heterocycles. The predicted octanol–water partition coefficient (Wildman–Crippen LogP) is -1.41. The smallest absolute Gasteiger partial charge is 2.00 e. The molecule has 0 rings (SSSR count). The van der Waals surface area contributed by atoms with Gasteiger partial charge in [-0.05, 0) is 0 Å². The van der Waals surface area contributed by atoms with Crippen LogP contribution in [0.5, 0.6) is 0 Å². The first-order valence-electron chi connectivity index (χ1n) is 0.632. The summed E-state index contributed by atoms with van der Waals surface area (Å²) in [5, 5.41) is 15.3. The molecule has 0 atom stereocenters. The largest absolute Gasteiger partial charge is 4.00 e. The molecular formula is CH2O5Zr. The molecule has 0 aromatic rings. The van der Waals surface area contributed by atoms with Crippen molar-refractivity contribution in [2.24, 2.45) is 0 Å². The van der Waals surface area contributed by atoms with Gasteiger partial charge in [0.25, 0.3) is 0 Å². The number of hydrogen-bond acceptors (Lipinski definition) is 3. The van der Waals surface area contributed by atoms with E-state index in [4.69, 9.17) is 15.0 Å². The molecule has 40 valence electrons. The molecule has 0 unspecified atom stereocenters. The van der Waals surface area contributed by atoms with Crippen LogP contribution >= 0.6 is 0 Å². The quantitative estimate of drug-likeness (QED) is 0.498. The minimum atomic E-state index is -2.08. The number of carbonyl (C=O) groups is 1. The summed E-state index contributed by atoms with van der Waals surface area (Å²) in [5.74, 6) is 0. The van der Waals surface area contributed by atoms with Gasteiger partial charge in [0.05, 0.1) is 0 Å².